The fourth-order valence-electron chi connectivity index (χ4n) is 4.03. The van der Waals surface area contributed by atoms with Gasteiger partial charge in [0, 0.05) is 67.0 Å². The van der Waals surface area contributed by atoms with E-state index in [2.05, 4.69) is 25.7 Å². The normalized spacial score (nSPS) is 18.3. The number of benzene rings is 2. The van der Waals surface area contributed by atoms with Crippen LogP contribution in [0.25, 0.3) is 21.8 Å². The Bertz CT molecular complexity index is 1420. The second-order valence-electron chi connectivity index (χ2n) is 8.95. The minimum absolute atomic E-state index is 0.0844. The van der Waals surface area contributed by atoms with Gasteiger partial charge in [-0.2, -0.15) is 10.1 Å². The number of ether oxygens (including phenoxy) is 1. The smallest absolute Gasteiger partial charge is 0.317 e. The number of rotatable bonds is 7. The molecular formula is C24H26FN7O3. The molecule has 4 aromatic rings. The number of nitrogens with zero attached hydrogens (tertiary/aromatic N) is 4. The van der Waals surface area contributed by atoms with Crippen molar-refractivity contribution in [3.8, 4) is 6.01 Å². The molecule has 35 heavy (non-hydrogen) atoms. The molecule has 1 saturated carbocycles. The van der Waals surface area contributed by atoms with Gasteiger partial charge in [-0.1, -0.05) is 0 Å². The van der Waals surface area contributed by atoms with Crippen LogP contribution < -0.4 is 21.1 Å². The highest BCUT2D eigenvalue weighted by atomic mass is 19.1. The van der Waals surface area contributed by atoms with Crippen LogP contribution in [0, 0.1) is 5.82 Å². The molecule has 0 aliphatic heterocycles. The zero-order valence-corrected chi connectivity index (χ0v) is 19.3. The maximum atomic E-state index is 14.5. The van der Waals surface area contributed by atoms with Gasteiger partial charge in [-0.15, -0.1) is 0 Å². The van der Waals surface area contributed by atoms with Gasteiger partial charge >= 0.3 is 6.01 Å². The number of hydrogen-bond acceptors (Lipinski definition) is 8. The fourth-order valence-corrected chi connectivity index (χ4v) is 4.03. The minimum Gasteiger partial charge on any atom is -0.460 e. The Labute approximate surface area is 200 Å². The van der Waals surface area contributed by atoms with Crippen molar-refractivity contribution < 1.29 is 19.0 Å². The Balaban J connectivity index is 1.49. The van der Waals surface area contributed by atoms with E-state index >= 15 is 0 Å². The van der Waals surface area contributed by atoms with E-state index in [0.717, 1.165) is 5.69 Å². The van der Waals surface area contributed by atoms with Crippen molar-refractivity contribution in [3.05, 3.63) is 48.0 Å². The first-order valence-corrected chi connectivity index (χ1v) is 11.3. The monoisotopic (exact) mass is 479 g/mol. The van der Waals surface area contributed by atoms with Crippen LogP contribution in [0.15, 0.2) is 36.7 Å². The molecule has 2 aromatic heterocycles. The maximum absolute atomic E-state index is 14.5. The molecule has 1 aliphatic rings. The summed E-state index contributed by atoms with van der Waals surface area (Å²) in [6.45, 7) is 2.40. The number of carbonyl (C=O) groups is 1. The molecular weight excluding hydrogens is 453 g/mol. The molecule has 1 fully saturated rings. The van der Waals surface area contributed by atoms with E-state index in [0.29, 0.717) is 41.4 Å². The maximum Gasteiger partial charge on any atom is 0.317 e. The largest absolute Gasteiger partial charge is 0.460 e. The zero-order chi connectivity index (χ0) is 24.7. The molecule has 0 radical (unpaired) electrons. The van der Waals surface area contributed by atoms with E-state index in [1.165, 1.54) is 10.7 Å². The summed E-state index contributed by atoms with van der Waals surface area (Å²) >= 11 is 0. The van der Waals surface area contributed by atoms with Crippen molar-refractivity contribution in [1.82, 2.24) is 19.7 Å². The number of nitrogens with two attached hydrogens (primary N) is 1. The summed E-state index contributed by atoms with van der Waals surface area (Å²) in [6, 6.07) is 6.34. The first kappa shape index (κ1) is 22.9. The van der Waals surface area contributed by atoms with Crippen LogP contribution in [0.2, 0.25) is 0 Å². The van der Waals surface area contributed by atoms with Gasteiger partial charge in [-0.25, -0.2) is 9.37 Å². The summed E-state index contributed by atoms with van der Waals surface area (Å²) in [5.74, 6) is -0.987. The van der Waals surface area contributed by atoms with Gasteiger partial charge in [0.05, 0.1) is 17.2 Å². The zero-order valence-electron chi connectivity index (χ0n) is 19.3. The number of aliphatic hydroxyl groups is 1. The lowest BCUT2D eigenvalue weighted by molar-refractivity contribution is -0.0148. The van der Waals surface area contributed by atoms with Gasteiger partial charge in [0.1, 0.15) is 11.6 Å². The second kappa shape index (κ2) is 9.08. The van der Waals surface area contributed by atoms with Crippen LogP contribution in [0.5, 0.6) is 6.01 Å². The molecule has 0 saturated heterocycles. The Morgan fingerprint density at radius 2 is 2.14 bits per heavy atom. The molecule has 1 aliphatic carbocycles. The van der Waals surface area contributed by atoms with Crippen LogP contribution in [0.1, 0.15) is 30.1 Å². The first-order valence-electron chi connectivity index (χ1n) is 11.3. The number of aryl methyl sites for hydroxylation is 1. The molecule has 0 bridgehead atoms. The van der Waals surface area contributed by atoms with Crippen molar-refractivity contribution >= 4 is 39.1 Å². The number of halogens is 1. The quantitative estimate of drug-likeness (QED) is 0.317. The van der Waals surface area contributed by atoms with E-state index in [4.69, 9.17) is 10.5 Å². The molecule has 11 heteroatoms. The number of aromatic nitrogens is 4. The SMILES string of the molecule is C[C@@H](N)CNc1ccc(C(=O)Nc2cc(F)c3nn(C)cc3c2)c2nc(OC3CC(O)C3)ncc12. The topological polar surface area (TPSA) is 140 Å². The highest BCUT2D eigenvalue weighted by molar-refractivity contribution is 6.14. The van der Waals surface area contributed by atoms with Crippen LogP contribution in [0.4, 0.5) is 15.8 Å². The van der Waals surface area contributed by atoms with Crippen molar-refractivity contribution in [2.75, 3.05) is 17.2 Å². The van der Waals surface area contributed by atoms with E-state index in [1.807, 2.05) is 6.92 Å². The molecule has 5 N–H and O–H groups in total. The number of fused-ring (bicyclic) bond motifs is 2. The summed E-state index contributed by atoms with van der Waals surface area (Å²) < 4.78 is 21.8. The number of hydrogen-bond donors (Lipinski definition) is 4. The third kappa shape index (κ3) is 4.73. The van der Waals surface area contributed by atoms with Crippen molar-refractivity contribution in [2.45, 2.75) is 38.0 Å². The lowest BCUT2D eigenvalue weighted by atomic mass is 9.92. The Kier molecular flexibility index (Phi) is 5.95. The average molecular weight is 480 g/mol. The summed E-state index contributed by atoms with van der Waals surface area (Å²) in [6.07, 6.45) is 3.73. The standard InChI is InChI=1S/C24H26FN7O3/c1-12(26)9-27-20-4-3-17(22-18(20)10-28-24(30-22)35-16-7-15(33)8-16)23(34)29-14-5-13-11-32(2)31-21(13)19(25)6-14/h3-6,10-12,15-16,27,33H,7-9,26H2,1-2H3,(H,29,34)/t12-,15?,16?/m1/s1. The summed E-state index contributed by atoms with van der Waals surface area (Å²) in [7, 11) is 1.70. The van der Waals surface area contributed by atoms with Gasteiger partial charge in [0.2, 0.25) is 0 Å². The molecule has 182 valence electrons. The Morgan fingerprint density at radius 1 is 1.34 bits per heavy atom. The van der Waals surface area contributed by atoms with Crippen molar-refractivity contribution in [1.29, 1.82) is 0 Å². The number of amides is 1. The van der Waals surface area contributed by atoms with E-state index < -0.39 is 11.7 Å². The predicted octanol–water partition coefficient (Wildman–Crippen LogP) is 2.57. The van der Waals surface area contributed by atoms with Gasteiger partial charge in [0.15, 0.2) is 5.82 Å². The molecule has 10 nitrogen and oxygen atoms in total. The van der Waals surface area contributed by atoms with Crippen molar-refractivity contribution in [3.63, 3.8) is 0 Å². The first-order chi connectivity index (χ1) is 16.8. The van der Waals surface area contributed by atoms with Gasteiger partial charge in [-0.3, -0.25) is 9.48 Å². The molecule has 0 spiro atoms. The van der Waals surface area contributed by atoms with Gasteiger partial charge in [0.25, 0.3) is 5.91 Å². The second-order valence-corrected chi connectivity index (χ2v) is 8.95. The van der Waals surface area contributed by atoms with Crippen LogP contribution >= 0.6 is 0 Å². The number of aliphatic hydroxyl groups excluding tert-OH is 1. The Morgan fingerprint density at radius 3 is 2.89 bits per heavy atom. The predicted molar refractivity (Wildman–Crippen MR) is 130 cm³/mol. The summed E-state index contributed by atoms with van der Waals surface area (Å²) in [5, 5.41) is 20.8. The van der Waals surface area contributed by atoms with Crippen LogP contribution in [0.3, 0.4) is 0 Å². The molecule has 2 heterocycles. The van der Waals surface area contributed by atoms with Gasteiger partial charge < -0.3 is 26.2 Å². The van der Waals surface area contributed by atoms with E-state index in [9.17, 15) is 14.3 Å². The summed E-state index contributed by atoms with van der Waals surface area (Å²) in [5.41, 5.74) is 7.79. The minimum atomic E-state index is -0.528. The van der Waals surface area contributed by atoms with E-state index in [-0.39, 0.29) is 35.3 Å². The van der Waals surface area contributed by atoms with Gasteiger partial charge in [-0.05, 0) is 31.2 Å². The average Bonchev–Trinajstić information content (AvgIpc) is 3.16. The molecule has 5 rings (SSSR count). The van der Waals surface area contributed by atoms with Crippen molar-refractivity contribution in [2.24, 2.45) is 12.8 Å². The fraction of sp³-hybridized carbons (Fsp3) is 0.333. The van der Waals surface area contributed by atoms with Crippen LogP contribution in [-0.4, -0.2) is 55.6 Å². The highest BCUT2D eigenvalue weighted by Gasteiger charge is 2.30. The lowest BCUT2D eigenvalue weighted by Crippen LogP contribution is -2.37. The molecule has 0 unspecified atom stereocenters. The molecule has 1 amide bonds. The highest BCUT2D eigenvalue weighted by Crippen LogP contribution is 2.30. The third-order valence-corrected chi connectivity index (χ3v) is 5.86. The molecule has 2 aromatic carbocycles. The lowest BCUT2D eigenvalue weighted by Gasteiger charge is -2.30. The summed E-state index contributed by atoms with van der Waals surface area (Å²) in [4.78, 5) is 22.1. The van der Waals surface area contributed by atoms with E-state index in [1.54, 1.807) is 37.6 Å². The number of nitrogens with one attached hydrogen (secondary N) is 2. The van der Waals surface area contributed by atoms with Crippen LogP contribution in [-0.2, 0) is 7.05 Å². The third-order valence-electron chi connectivity index (χ3n) is 5.86. The number of carbonyl (C=O) groups excluding carboxylic acids is 1. The molecule has 1 atom stereocenters. The number of anilines is 2. The Hall–Kier alpha value is -3.83.